The van der Waals surface area contributed by atoms with Crippen LogP contribution in [0, 0.1) is 6.92 Å². The highest BCUT2D eigenvalue weighted by molar-refractivity contribution is 7.92. The number of amides is 1. The first-order chi connectivity index (χ1) is 12.9. The van der Waals surface area contributed by atoms with Gasteiger partial charge in [-0.05, 0) is 62.9 Å². The molecular formula is C19H26ClN3O4S. The van der Waals surface area contributed by atoms with E-state index in [2.05, 4.69) is 15.4 Å². The molecule has 28 heavy (non-hydrogen) atoms. The maximum Gasteiger partial charge on any atom is 0.262 e. The van der Waals surface area contributed by atoms with Crippen molar-refractivity contribution in [3.8, 4) is 5.75 Å². The molecule has 2 rings (SSSR count). The van der Waals surface area contributed by atoms with Crippen LogP contribution in [0.5, 0.6) is 5.75 Å². The van der Waals surface area contributed by atoms with Gasteiger partial charge >= 0.3 is 0 Å². The van der Waals surface area contributed by atoms with Gasteiger partial charge in [0.05, 0.1) is 11.5 Å². The summed E-state index contributed by atoms with van der Waals surface area (Å²) in [7, 11) is -2.04. The number of ether oxygens (including phenoxy) is 1. The molecule has 0 saturated heterocycles. The highest BCUT2D eigenvalue weighted by Gasteiger charge is 2.18. The van der Waals surface area contributed by atoms with Crippen molar-refractivity contribution in [2.45, 2.75) is 25.2 Å². The van der Waals surface area contributed by atoms with Gasteiger partial charge in [-0.25, -0.2) is 8.42 Å². The third kappa shape index (κ3) is 6.70. The second-order valence-corrected chi connectivity index (χ2v) is 7.60. The molecule has 7 nitrogen and oxygen atoms in total. The molecule has 0 radical (unpaired) electrons. The first-order valence-electron chi connectivity index (χ1n) is 8.66. The number of sulfonamides is 1. The summed E-state index contributed by atoms with van der Waals surface area (Å²) in [5.41, 5.74) is 1.46. The largest absolute Gasteiger partial charge is 0.494 e. The van der Waals surface area contributed by atoms with E-state index in [1.54, 1.807) is 50.4 Å². The number of carbonyl (C=O) groups is 1. The van der Waals surface area contributed by atoms with Crippen molar-refractivity contribution >= 4 is 39.7 Å². The lowest BCUT2D eigenvalue weighted by Crippen LogP contribution is -2.19. The maximum absolute atomic E-state index is 12.8. The van der Waals surface area contributed by atoms with Crippen LogP contribution in [-0.2, 0) is 14.8 Å². The summed E-state index contributed by atoms with van der Waals surface area (Å²) in [6.45, 7) is 4.67. The first kappa shape index (κ1) is 23.7. The van der Waals surface area contributed by atoms with Gasteiger partial charge in [0.15, 0.2) is 0 Å². The van der Waals surface area contributed by atoms with Crippen LogP contribution < -0.4 is 20.1 Å². The van der Waals surface area contributed by atoms with Crippen molar-refractivity contribution in [3.05, 3.63) is 48.0 Å². The molecule has 0 aliphatic heterocycles. The van der Waals surface area contributed by atoms with Crippen LogP contribution in [0.3, 0.4) is 0 Å². The Hall–Kier alpha value is -2.29. The van der Waals surface area contributed by atoms with Gasteiger partial charge in [0.2, 0.25) is 5.91 Å². The van der Waals surface area contributed by atoms with Gasteiger partial charge in [-0.15, -0.1) is 12.4 Å². The maximum atomic E-state index is 12.8. The minimum atomic E-state index is -3.80. The smallest absolute Gasteiger partial charge is 0.262 e. The summed E-state index contributed by atoms with van der Waals surface area (Å²) in [5.74, 6) is 0.485. The Morgan fingerprint density at radius 1 is 1.07 bits per heavy atom. The molecule has 0 spiro atoms. The Morgan fingerprint density at radius 3 is 2.32 bits per heavy atom. The predicted octanol–water partition coefficient (Wildman–Crippen LogP) is 3.16. The Labute approximate surface area is 172 Å². The standard InChI is InChI=1S/C19H25N3O4S.ClH/c1-4-26-17-9-7-15(8-10-17)22-27(24,25)18-13-16(6-5-14(18)2)21-19(23)11-12-20-3;/h5-10,13,20,22H,4,11-12H2,1-3H3,(H,21,23);1H. The Bertz CT molecular complexity index is 887. The molecule has 2 aromatic carbocycles. The fraction of sp³-hybridized carbons (Fsp3) is 0.316. The average Bonchev–Trinajstić information content (AvgIpc) is 2.63. The van der Waals surface area contributed by atoms with Crippen molar-refractivity contribution in [3.63, 3.8) is 0 Å². The summed E-state index contributed by atoms with van der Waals surface area (Å²) in [4.78, 5) is 12.0. The predicted molar refractivity (Wildman–Crippen MR) is 114 cm³/mol. The molecule has 0 atom stereocenters. The zero-order valence-corrected chi connectivity index (χ0v) is 17.7. The first-order valence-corrected chi connectivity index (χ1v) is 10.1. The van der Waals surface area contributed by atoms with Crippen molar-refractivity contribution in [2.75, 3.05) is 30.2 Å². The molecular weight excluding hydrogens is 402 g/mol. The Balaban J connectivity index is 0.00000392. The number of carbonyl (C=O) groups excluding carboxylic acids is 1. The molecule has 2 aromatic rings. The van der Waals surface area contributed by atoms with Crippen LogP contribution in [0.25, 0.3) is 0 Å². The number of halogens is 1. The summed E-state index contributed by atoms with van der Waals surface area (Å²) < 4.78 is 33.5. The fourth-order valence-electron chi connectivity index (χ4n) is 2.43. The minimum absolute atomic E-state index is 0. The molecule has 3 N–H and O–H groups in total. The zero-order chi connectivity index (χ0) is 19.9. The van der Waals surface area contributed by atoms with Gasteiger partial charge < -0.3 is 15.4 Å². The molecule has 154 valence electrons. The normalized spacial score (nSPS) is 10.7. The number of aryl methyl sites for hydroxylation is 1. The molecule has 0 saturated carbocycles. The lowest BCUT2D eigenvalue weighted by atomic mass is 10.2. The van der Waals surface area contributed by atoms with Crippen LogP contribution in [0.4, 0.5) is 11.4 Å². The summed E-state index contributed by atoms with van der Waals surface area (Å²) in [6.07, 6.45) is 0.302. The van der Waals surface area contributed by atoms with E-state index in [9.17, 15) is 13.2 Å². The number of nitrogens with one attached hydrogen (secondary N) is 3. The quantitative estimate of drug-likeness (QED) is 0.571. The number of hydrogen-bond acceptors (Lipinski definition) is 5. The summed E-state index contributed by atoms with van der Waals surface area (Å²) in [6, 6.07) is 11.5. The van der Waals surface area contributed by atoms with Crippen LogP contribution in [0.2, 0.25) is 0 Å². The van der Waals surface area contributed by atoms with Crippen molar-refractivity contribution in [2.24, 2.45) is 0 Å². The minimum Gasteiger partial charge on any atom is -0.494 e. The fourth-order valence-corrected chi connectivity index (χ4v) is 3.76. The van der Waals surface area contributed by atoms with Gasteiger partial charge in [-0.1, -0.05) is 6.07 Å². The number of rotatable bonds is 9. The molecule has 0 unspecified atom stereocenters. The third-order valence-corrected chi connectivity index (χ3v) is 5.30. The topological polar surface area (TPSA) is 96.5 Å². The lowest BCUT2D eigenvalue weighted by Gasteiger charge is -2.13. The molecule has 9 heteroatoms. The van der Waals surface area contributed by atoms with Crippen molar-refractivity contribution in [1.82, 2.24) is 5.32 Å². The number of benzene rings is 2. The van der Waals surface area contributed by atoms with Gasteiger partial charge in [0, 0.05) is 24.3 Å². The lowest BCUT2D eigenvalue weighted by molar-refractivity contribution is -0.116. The van der Waals surface area contributed by atoms with E-state index in [0.717, 1.165) is 0 Å². The van der Waals surface area contributed by atoms with Crippen molar-refractivity contribution < 1.29 is 17.9 Å². The highest BCUT2D eigenvalue weighted by atomic mass is 35.5. The summed E-state index contributed by atoms with van der Waals surface area (Å²) >= 11 is 0. The van der Waals surface area contributed by atoms with E-state index in [0.29, 0.717) is 42.3 Å². The van der Waals surface area contributed by atoms with E-state index in [4.69, 9.17) is 4.74 Å². The second-order valence-electron chi connectivity index (χ2n) is 5.94. The van der Waals surface area contributed by atoms with E-state index >= 15 is 0 Å². The van der Waals surface area contributed by atoms with E-state index in [1.807, 2.05) is 6.92 Å². The Kier molecular flexibility index (Phi) is 9.24. The molecule has 0 aliphatic rings. The van der Waals surface area contributed by atoms with Crippen LogP contribution in [0.15, 0.2) is 47.4 Å². The SMILES string of the molecule is CCOc1ccc(NS(=O)(=O)c2cc(NC(=O)CCNC)ccc2C)cc1.Cl. The molecule has 0 heterocycles. The van der Waals surface area contributed by atoms with Crippen LogP contribution in [0.1, 0.15) is 18.9 Å². The second kappa shape index (κ2) is 10.9. The Morgan fingerprint density at radius 2 is 1.71 bits per heavy atom. The van der Waals surface area contributed by atoms with Crippen molar-refractivity contribution in [1.29, 1.82) is 0 Å². The van der Waals surface area contributed by atoms with E-state index in [-0.39, 0.29) is 23.2 Å². The molecule has 0 fully saturated rings. The molecule has 0 bridgehead atoms. The number of hydrogen-bond donors (Lipinski definition) is 3. The van der Waals surface area contributed by atoms with Gasteiger partial charge in [0.25, 0.3) is 10.0 Å². The molecule has 1 amide bonds. The summed E-state index contributed by atoms with van der Waals surface area (Å²) in [5, 5.41) is 5.61. The molecule has 0 aliphatic carbocycles. The van der Waals surface area contributed by atoms with Crippen LogP contribution in [-0.4, -0.2) is 34.5 Å². The highest BCUT2D eigenvalue weighted by Crippen LogP contribution is 2.24. The van der Waals surface area contributed by atoms with E-state index < -0.39 is 10.0 Å². The molecule has 0 aromatic heterocycles. The monoisotopic (exact) mass is 427 g/mol. The zero-order valence-electron chi connectivity index (χ0n) is 16.1. The van der Waals surface area contributed by atoms with Crippen LogP contribution >= 0.6 is 12.4 Å². The third-order valence-electron chi connectivity index (χ3n) is 3.78. The van der Waals surface area contributed by atoms with Gasteiger partial charge in [0.1, 0.15) is 5.75 Å². The van der Waals surface area contributed by atoms with E-state index in [1.165, 1.54) is 6.07 Å². The number of anilines is 2. The van der Waals surface area contributed by atoms with Gasteiger partial charge in [-0.3, -0.25) is 9.52 Å². The van der Waals surface area contributed by atoms with Gasteiger partial charge in [-0.2, -0.15) is 0 Å². The average molecular weight is 428 g/mol.